The summed E-state index contributed by atoms with van der Waals surface area (Å²) in [5.41, 5.74) is 1.37. The average molecular weight is 328 g/mol. The molecular weight excluding hydrogens is 312 g/mol. The van der Waals surface area contributed by atoms with Crippen LogP contribution in [0.1, 0.15) is 19.4 Å². The number of anilines is 1. The maximum Gasteiger partial charge on any atom is 0.292 e. The minimum atomic E-state index is -0.443. The van der Waals surface area contributed by atoms with Gasteiger partial charge >= 0.3 is 0 Å². The smallest absolute Gasteiger partial charge is 0.292 e. The third-order valence-electron chi connectivity index (χ3n) is 3.59. The monoisotopic (exact) mass is 328 g/mol. The van der Waals surface area contributed by atoms with Crippen LogP contribution in [0.5, 0.6) is 0 Å². The number of aromatic nitrogens is 3. The molecule has 0 unspecified atom stereocenters. The van der Waals surface area contributed by atoms with Gasteiger partial charge in [-0.15, -0.1) is 0 Å². The zero-order valence-corrected chi connectivity index (χ0v) is 13.7. The predicted molar refractivity (Wildman–Crippen MR) is 92.2 cm³/mol. The lowest BCUT2D eigenvalue weighted by Gasteiger charge is -2.20. The Bertz CT molecular complexity index is 988. The molecule has 118 valence electrons. The summed E-state index contributed by atoms with van der Waals surface area (Å²) in [6.07, 6.45) is 2.84. The lowest BCUT2D eigenvalue weighted by atomic mass is 10.2. The Morgan fingerprint density at radius 3 is 2.52 bits per heavy atom. The second-order valence-electron chi connectivity index (χ2n) is 4.97. The van der Waals surface area contributed by atoms with Gasteiger partial charge in [-0.05, 0) is 37.6 Å². The minimum Gasteiger partial charge on any atom is -0.372 e. The zero-order valence-electron chi connectivity index (χ0n) is 12.9. The van der Waals surface area contributed by atoms with Crippen LogP contribution in [0.2, 0.25) is 0 Å². The van der Waals surface area contributed by atoms with Crippen molar-refractivity contribution in [2.75, 3.05) is 18.0 Å². The molecule has 23 heavy (non-hydrogen) atoms. The Hall–Kier alpha value is -2.54. The number of nitrogens with zero attached hydrogens (tertiary/aromatic N) is 4. The molecule has 3 aromatic rings. The number of hydrogen-bond donors (Lipinski definition) is 0. The van der Waals surface area contributed by atoms with E-state index in [-0.39, 0.29) is 5.56 Å². The summed E-state index contributed by atoms with van der Waals surface area (Å²) in [6, 6.07) is 8.02. The Kier molecular flexibility index (Phi) is 4.20. The van der Waals surface area contributed by atoms with E-state index in [1.165, 1.54) is 0 Å². The highest BCUT2D eigenvalue weighted by atomic mass is 32.1. The summed E-state index contributed by atoms with van der Waals surface area (Å²) >= 11 is 1.16. The van der Waals surface area contributed by atoms with Crippen molar-refractivity contribution in [1.29, 1.82) is 0 Å². The molecule has 0 aliphatic carbocycles. The fraction of sp³-hybridized carbons (Fsp3) is 0.250. The van der Waals surface area contributed by atoms with E-state index in [0.29, 0.717) is 9.49 Å². The van der Waals surface area contributed by atoms with Crippen molar-refractivity contribution in [3.63, 3.8) is 0 Å². The standard InChI is InChI=1S/C16H16N4O2S/c1-3-19(4-2)12-7-5-11(6-8-12)9-13-15(22)20-16(23-13)18-14(21)10-17-20/h5-10H,3-4H2,1-2H3/b13-9+. The molecule has 0 N–H and O–H groups in total. The van der Waals surface area contributed by atoms with E-state index >= 15 is 0 Å². The van der Waals surface area contributed by atoms with E-state index in [0.717, 1.165) is 46.4 Å². The molecule has 0 radical (unpaired) electrons. The molecular formula is C16H16N4O2S. The molecule has 2 aromatic heterocycles. The number of rotatable bonds is 4. The third kappa shape index (κ3) is 3.00. The molecule has 1 aromatic carbocycles. The van der Waals surface area contributed by atoms with Crippen molar-refractivity contribution >= 4 is 28.1 Å². The lowest BCUT2D eigenvalue weighted by Crippen LogP contribution is -2.25. The summed E-state index contributed by atoms with van der Waals surface area (Å²) in [5, 5.41) is 3.81. The van der Waals surface area contributed by atoms with E-state index in [9.17, 15) is 9.59 Å². The van der Waals surface area contributed by atoms with Gasteiger partial charge in [0.2, 0.25) is 4.96 Å². The van der Waals surface area contributed by atoms with E-state index in [1.807, 2.05) is 24.3 Å². The molecule has 0 aliphatic heterocycles. The van der Waals surface area contributed by atoms with Crippen molar-refractivity contribution in [2.24, 2.45) is 0 Å². The van der Waals surface area contributed by atoms with Gasteiger partial charge in [0.25, 0.3) is 11.1 Å². The first kappa shape index (κ1) is 15.4. The van der Waals surface area contributed by atoms with Crippen LogP contribution in [0.25, 0.3) is 11.0 Å². The van der Waals surface area contributed by atoms with Crippen LogP contribution >= 0.6 is 11.3 Å². The van der Waals surface area contributed by atoms with Gasteiger partial charge in [-0.25, -0.2) is 0 Å². The quantitative estimate of drug-likeness (QED) is 0.712. The van der Waals surface area contributed by atoms with Crippen molar-refractivity contribution in [3.05, 3.63) is 61.3 Å². The normalized spacial score (nSPS) is 12.0. The van der Waals surface area contributed by atoms with Crippen LogP contribution in [0, 0.1) is 0 Å². The average Bonchev–Trinajstić information content (AvgIpc) is 2.85. The van der Waals surface area contributed by atoms with E-state index in [1.54, 1.807) is 6.08 Å². The molecule has 0 bridgehead atoms. The first-order chi connectivity index (χ1) is 11.1. The van der Waals surface area contributed by atoms with Crippen LogP contribution in [-0.2, 0) is 0 Å². The number of thiazole rings is 1. The highest BCUT2D eigenvalue weighted by Crippen LogP contribution is 2.15. The van der Waals surface area contributed by atoms with Gasteiger partial charge in [-0.1, -0.05) is 23.5 Å². The molecule has 0 atom stereocenters. The predicted octanol–water partition coefficient (Wildman–Crippen LogP) is 0.905. The van der Waals surface area contributed by atoms with Gasteiger partial charge in [-0.3, -0.25) is 9.59 Å². The summed E-state index contributed by atoms with van der Waals surface area (Å²) < 4.78 is 1.66. The van der Waals surface area contributed by atoms with Gasteiger partial charge in [0.05, 0.1) is 4.53 Å². The number of fused-ring (bicyclic) bond motifs is 1. The molecule has 2 heterocycles. The summed E-state index contributed by atoms with van der Waals surface area (Å²) in [6.45, 7) is 6.13. The van der Waals surface area contributed by atoms with Crippen molar-refractivity contribution in [2.45, 2.75) is 13.8 Å². The fourth-order valence-electron chi connectivity index (χ4n) is 2.39. The maximum atomic E-state index is 12.2. The second kappa shape index (κ2) is 6.29. The van der Waals surface area contributed by atoms with Gasteiger partial charge in [0.15, 0.2) is 0 Å². The van der Waals surface area contributed by atoms with Crippen LogP contribution in [0.15, 0.2) is 40.1 Å². The Balaban J connectivity index is 2.03. The van der Waals surface area contributed by atoms with E-state index < -0.39 is 5.56 Å². The third-order valence-corrected chi connectivity index (χ3v) is 4.55. The van der Waals surface area contributed by atoms with Gasteiger partial charge < -0.3 is 4.90 Å². The summed E-state index contributed by atoms with van der Waals surface area (Å²) in [7, 11) is 0. The van der Waals surface area contributed by atoms with Crippen LogP contribution in [0.3, 0.4) is 0 Å². The molecule has 0 aliphatic rings. The van der Waals surface area contributed by atoms with E-state index in [2.05, 4.69) is 28.8 Å². The molecule has 7 heteroatoms. The molecule has 0 saturated carbocycles. The van der Waals surface area contributed by atoms with Gasteiger partial charge in [0.1, 0.15) is 6.20 Å². The lowest BCUT2D eigenvalue weighted by molar-refractivity contribution is 0.865. The Morgan fingerprint density at radius 1 is 1.17 bits per heavy atom. The largest absolute Gasteiger partial charge is 0.372 e. The number of hydrogen-bond acceptors (Lipinski definition) is 6. The summed E-state index contributed by atoms with van der Waals surface area (Å²) in [5.74, 6) is 0. The molecule has 0 saturated heterocycles. The van der Waals surface area contributed by atoms with Crippen molar-refractivity contribution in [1.82, 2.24) is 14.6 Å². The Labute approximate surface area is 136 Å². The molecule has 3 rings (SSSR count). The van der Waals surface area contributed by atoms with Gasteiger partial charge in [-0.2, -0.15) is 14.6 Å². The SMILES string of the molecule is CCN(CC)c1ccc(/C=c2/sc3nc(=O)cnn3c2=O)cc1. The zero-order chi connectivity index (χ0) is 16.4. The van der Waals surface area contributed by atoms with Crippen LogP contribution < -0.4 is 20.6 Å². The minimum absolute atomic E-state index is 0.259. The maximum absolute atomic E-state index is 12.2. The highest BCUT2D eigenvalue weighted by Gasteiger charge is 2.06. The molecule has 0 spiro atoms. The first-order valence-electron chi connectivity index (χ1n) is 7.38. The first-order valence-corrected chi connectivity index (χ1v) is 8.19. The Morgan fingerprint density at radius 2 is 1.87 bits per heavy atom. The van der Waals surface area contributed by atoms with Crippen molar-refractivity contribution < 1.29 is 0 Å². The van der Waals surface area contributed by atoms with Gasteiger partial charge in [0, 0.05) is 18.8 Å². The topological polar surface area (TPSA) is 67.6 Å². The van der Waals surface area contributed by atoms with Crippen LogP contribution in [0.4, 0.5) is 5.69 Å². The highest BCUT2D eigenvalue weighted by molar-refractivity contribution is 7.15. The second-order valence-corrected chi connectivity index (χ2v) is 5.98. The van der Waals surface area contributed by atoms with Crippen molar-refractivity contribution in [3.8, 4) is 0 Å². The molecule has 6 nitrogen and oxygen atoms in total. The summed E-state index contributed by atoms with van der Waals surface area (Å²) in [4.78, 5) is 29.8. The van der Waals surface area contributed by atoms with Crippen LogP contribution in [-0.4, -0.2) is 27.7 Å². The number of benzene rings is 1. The fourth-order valence-corrected chi connectivity index (χ4v) is 3.31. The molecule has 0 fully saturated rings. The molecule has 0 amide bonds. The van der Waals surface area contributed by atoms with E-state index in [4.69, 9.17) is 0 Å².